The van der Waals surface area contributed by atoms with Crippen LogP contribution in [0.2, 0.25) is 0 Å². The molecule has 5 aromatic heterocycles. The molecule has 0 aliphatic carbocycles. The summed E-state index contributed by atoms with van der Waals surface area (Å²) in [5.41, 5.74) is 7.26. The molecule has 8 nitrogen and oxygen atoms in total. The third-order valence-corrected chi connectivity index (χ3v) is 6.72. The summed E-state index contributed by atoms with van der Waals surface area (Å²) in [7, 11) is 0. The molecule has 0 radical (unpaired) electrons. The van der Waals surface area contributed by atoms with Crippen LogP contribution in [0.1, 0.15) is 11.1 Å². The van der Waals surface area contributed by atoms with Gasteiger partial charge in [-0.2, -0.15) is 5.10 Å². The van der Waals surface area contributed by atoms with Crippen molar-refractivity contribution in [3.8, 4) is 33.8 Å². The number of hydrogen-bond acceptors (Lipinski definition) is 6. The van der Waals surface area contributed by atoms with E-state index in [0.717, 1.165) is 28.8 Å². The second kappa shape index (κ2) is 9.62. The van der Waals surface area contributed by atoms with Crippen molar-refractivity contribution in [2.75, 3.05) is 0 Å². The topological polar surface area (TPSA) is 108 Å². The van der Waals surface area contributed by atoms with Gasteiger partial charge >= 0.3 is 0 Å². The van der Waals surface area contributed by atoms with Gasteiger partial charge in [-0.25, -0.2) is 14.4 Å². The highest BCUT2D eigenvalue weighted by molar-refractivity contribution is 5.97. The molecule has 0 atom stereocenters. The van der Waals surface area contributed by atoms with Crippen molar-refractivity contribution in [3.63, 3.8) is 0 Å². The fourth-order valence-corrected chi connectivity index (χ4v) is 4.83. The minimum atomic E-state index is -0.393. The minimum Gasteiger partial charge on any atom is -0.472 e. The van der Waals surface area contributed by atoms with Crippen LogP contribution in [0, 0.1) is 5.82 Å². The number of rotatable bonds is 7. The Morgan fingerprint density at radius 3 is 2.67 bits per heavy atom. The Labute approximate surface area is 222 Å². The van der Waals surface area contributed by atoms with Gasteiger partial charge in [0.1, 0.15) is 11.5 Å². The molecule has 0 unspecified atom stereocenters. The summed E-state index contributed by atoms with van der Waals surface area (Å²) in [6, 6.07) is 19.4. The monoisotopic (exact) mass is 515 g/mol. The number of nitrogens with one attached hydrogen (secondary N) is 3. The lowest BCUT2D eigenvalue weighted by atomic mass is 10.0. The van der Waals surface area contributed by atoms with E-state index >= 15 is 4.39 Å². The van der Waals surface area contributed by atoms with Gasteiger partial charge in [-0.15, -0.1) is 0 Å². The van der Waals surface area contributed by atoms with E-state index in [1.807, 2.05) is 42.5 Å². The van der Waals surface area contributed by atoms with Gasteiger partial charge in [-0.3, -0.25) is 10.1 Å². The first-order valence-corrected chi connectivity index (χ1v) is 12.5. The van der Waals surface area contributed by atoms with E-state index in [0.29, 0.717) is 45.7 Å². The summed E-state index contributed by atoms with van der Waals surface area (Å²) < 4.78 is 21.4. The molecule has 0 amide bonds. The molecule has 0 bridgehead atoms. The number of fused-ring (bicyclic) bond motifs is 2. The van der Waals surface area contributed by atoms with Crippen LogP contribution in [-0.2, 0) is 13.1 Å². The average molecular weight is 516 g/mol. The molecule has 0 aliphatic heterocycles. The predicted octanol–water partition coefficient (Wildman–Crippen LogP) is 6.25. The average Bonchev–Trinajstić information content (AvgIpc) is 3.74. The first-order chi connectivity index (χ1) is 19.2. The van der Waals surface area contributed by atoms with Gasteiger partial charge in [0, 0.05) is 53.9 Å². The number of hydrogen-bond donors (Lipinski definition) is 3. The number of benzene rings is 2. The highest BCUT2D eigenvalue weighted by atomic mass is 19.1. The van der Waals surface area contributed by atoms with E-state index in [-0.39, 0.29) is 0 Å². The van der Waals surface area contributed by atoms with Crippen LogP contribution >= 0.6 is 0 Å². The van der Waals surface area contributed by atoms with Crippen molar-refractivity contribution in [1.82, 2.24) is 35.5 Å². The SMILES string of the molecule is Fc1c(-c2cncc(CNCc3ccccc3)c2)ccc2[nH]nc(-c3nc4nccc(-c5ccoc5)c4[nH]3)c12. The standard InChI is InChI=1S/C30H22FN7O/c31-26-22(21-12-19(15-33-16-21)14-32-13-18-4-2-1-3-5-18)6-7-24-25(26)28(38-37-24)30-35-27-23(20-9-11-39-17-20)8-10-34-29(27)36-30/h1-12,15-17,32H,13-14H2,(H,37,38)(H,34,35,36). The minimum absolute atomic E-state index is 0.351. The molecule has 0 fully saturated rings. The van der Waals surface area contributed by atoms with Crippen molar-refractivity contribution < 1.29 is 8.81 Å². The zero-order valence-electron chi connectivity index (χ0n) is 20.6. The fourth-order valence-electron chi connectivity index (χ4n) is 4.83. The summed E-state index contributed by atoms with van der Waals surface area (Å²) in [6.07, 6.45) is 8.42. The quantitative estimate of drug-likeness (QED) is 0.232. The largest absolute Gasteiger partial charge is 0.472 e. The number of aromatic nitrogens is 6. The van der Waals surface area contributed by atoms with E-state index < -0.39 is 5.82 Å². The lowest BCUT2D eigenvalue weighted by molar-refractivity contribution is 0.568. The summed E-state index contributed by atoms with van der Waals surface area (Å²) >= 11 is 0. The van der Waals surface area contributed by atoms with Gasteiger partial charge in [0.05, 0.1) is 28.9 Å². The van der Waals surface area contributed by atoms with Crippen molar-refractivity contribution in [2.45, 2.75) is 13.1 Å². The summed E-state index contributed by atoms with van der Waals surface area (Å²) in [6.45, 7) is 1.35. The van der Waals surface area contributed by atoms with Crippen molar-refractivity contribution in [1.29, 1.82) is 0 Å². The van der Waals surface area contributed by atoms with Crippen LogP contribution in [0.4, 0.5) is 4.39 Å². The normalized spacial score (nSPS) is 11.5. The highest BCUT2D eigenvalue weighted by Gasteiger charge is 2.21. The Morgan fingerprint density at radius 1 is 0.897 bits per heavy atom. The number of nitrogens with zero attached hydrogens (tertiary/aromatic N) is 4. The first-order valence-electron chi connectivity index (χ1n) is 12.5. The molecular weight excluding hydrogens is 493 g/mol. The molecule has 0 spiro atoms. The summed E-state index contributed by atoms with van der Waals surface area (Å²) in [5, 5.41) is 11.1. The van der Waals surface area contributed by atoms with E-state index in [4.69, 9.17) is 4.42 Å². The second-order valence-corrected chi connectivity index (χ2v) is 9.25. The van der Waals surface area contributed by atoms with Crippen LogP contribution in [0.25, 0.3) is 55.8 Å². The first kappa shape index (κ1) is 23.0. The lowest BCUT2D eigenvalue weighted by Gasteiger charge is -2.09. The Hall–Kier alpha value is -5.15. The van der Waals surface area contributed by atoms with Gasteiger partial charge in [0.25, 0.3) is 0 Å². The smallest absolute Gasteiger partial charge is 0.178 e. The molecule has 39 heavy (non-hydrogen) atoms. The maximum absolute atomic E-state index is 16.1. The summed E-state index contributed by atoms with van der Waals surface area (Å²) in [4.78, 5) is 16.7. The van der Waals surface area contributed by atoms with Crippen molar-refractivity contribution in [3.05, 3.63) is 109 Å². The van der Waals surface area contributed by atoms with E-state index in [2.05, 4.69) is 47.6 Å². The zero-order valence-corrected chi connectivity index (χ0v) is 20.6. The number of halogens is 1. The predicted molar refractivity (Wildman–Crippen MR) is 147 cm³/mol. The van der Waals surface area contributed by atoms with Gasteiger partial charge in [0.15, 0.2) is 11.5 Å². The third-order valence-electron chi connectivity index (χ3n) is 6.72. The second-order valence-electron chi connectivity index (χ2n) is 9.25. The van der Waals surface area contributed by atoms with E-state index in [9.17, 15) is 0 Å². The molecule has 0 saturated heterocycles. The van der Waals surface area contributed by atoms with Crippen LogP contribution in [0.5, 0.6) is 0 Å². The molecule has 9 heteroatoms. The van der Waals surface area contributed by atoms with Crippen LogP contribution in [0.15, 0.2) is 96.2 Å². The van der Waals surface area contributed by atoms with E-state index in [1.54, 1.807) is 37.2 Å². The Balaban J connectivity index is 1.23. The molecule has 7 aromatic rings. The van der Waals surface area contributed by atoms with E-state index in [1.165, 1.54) is 5.56 Å². The maximum Gasteiger partial charge on any atom is 0.178 e. The number of furan rings is 1. The molecule has 7 rings (SSSR count). The van der Waals surface area contributed by atoms with Gasteiger partial charge in [-0.1, -0.05) is 30.3 Å². The van der Waals surface area contributed by atoms with Gasteiger partial charge < -0.3 is 14.7 Å². The number of pyridine rings is 2. The highest BCUT2D eigenvalue weighted by Crippen LogP contribution is 2.35. The number of H-pyrrole nitrogens is 2. The Kier molecular flexibility index (Phi) is 5.68. The molecule has 2 aromatic carbocycles. The number of aromatic amines is 2. The molecular formula is C30H22FN7O. The molecule has 190 valence electrons. The zero-order chi connectivity index (χ0) is 26.2. The molecule has 5 heterocycles. The van der Waals surface area contributed by atoms with Crippen molar-refractivity contribution in [2.24, 2.45) is 0 Å². The molecule has 3 N–H and O–H groups in total. The van der Waals surface area contributed by atoms with Gasteiger partial charge in [0.2, 0.25) is 0 Å². The Bertz CT molecular complexity index is 1910. The third kappa shape index (κ3) is 4.24. The van der Waals surface area contributed by atoms with Crippen LogP contribution in [0.3, 0.4) is 0 Å². The molecule has 0 aliphatic rings. The summed E-state index contributed by atoms with van der Waals surface area (Å²) in [5.74, 6) is 0.0312. The fraction of sp³-hybridized carbons (Fsp3) is 0.0667. The Morgan fingerprint density at radius 2 is 1.79 bits per heavy atom. The lowest BCUT2D eigenvalue weighted by Crippen LogP contribution is -2.12. The maximum atomic E-state index is 16.1. The van der Waals surface area contributed by atoms with Crippen LogP contribution < -0.4 is 5.32 Å². The van der Waals surface area contributed by atoms with Crippen LogP contribution in [-0.4, -0.2) is 30.1 Å². The molecule has 0 saturated carbocycles. The van der Waals surface area contributed by atoms with Crippen molar-refractivity contribution >= 4 is 22.1 Å². The van der Waals surface area contributed by atoms with Gasteiger partial charge in [-0.05, 0) is 41.5 Å². The number of imidazole rings is 1.